The van der Waals surface area contributed by atoms with Crippen molar-refractivity contribution in [2.75, 3.05) is 13.1 Å². The van der Waals surface area contributed by atoms with Crippen LogP contribution >= 0.6 is 0 Å². The fourth-order valence-electron chi connectivity index (χ4n) is 2.56. The lowest BCUT2D eigenvalue weighted by atomic mass is 10.1. The van der Waals surface area contributed by atoms with Gasteiger partial charge in [-0.15, -0.1) is 0 Å². The summed E-state index contributed by atoms with van der Waals surface area (Å²) in [6.07, 6.45) is 2.47. The summed E-state index contributed by atoms with van der Waals surface area (Å²) in [5.74, 6) is -0.968. The maximum Gasteiger partial charge on any atom is 0.324 e. The number of esters is 1. The molecular weight excluding hydrogens is 308 g/mol. The molecule has 1 fully saturated rings. The number of urea groups is 1. The van der Waals surface area contributed by atoms with Gasteiger partial charge in [0.05, 0.1) is 6.42 Å². The van der Waals surface area contributed by atoms with Crippen LogP contribution in [0.5, 0.6) is 0 Å². The number of carbonyl (C=O) groups excluding carboxylic acids is 3. The number of rotatable bonds is 7. The van der Waals surface area contributed by atoms with Crippen LogP contribution in [-0.4, -0.2) is 42.0 Å². The standard InChI is InChI=1S/C18H24N2O4/c1-3-4-5-14-6-8-15(9-7-14)12-16(21)24-13(2)17(22)20-11-10-19-18(20)23/h6-9,13H,3-5,10-12H2,1-2H3,(H,19,23)/t13-/m1/s1. The van der Waals surface area contributed by atoms with Gasteiger partial charge in [0, 0.05) is 13.1 Å². The fraction of sp³-hybridized carbons (Fsp3) is 0.500. The number of hydrogen-bond acceptors (Lipinski definition) is 4. The molecule has 24 heavy (non-hydrogen) atoms. The van der Waals surface area contributed by atoms with E-state index in [9.17, 15) is 14.4 Å². The van der Waals surface area contributed by atoms with Gasteiger partial charge in [0.1, 0.15) is 0 Å². The van der Waals surface area contributed by atoms with Crippen molar-refractivity contribution in [1.29, 1.82) is 0 Å². The van der Waals surface area contributed by atoms with Crippen LogP contribution in [0.25, 0.3) is 0 Å². The summed E-state index contributed by atoms with van der Waals surface area (Å²) in [5, 5.41) is 2.54. The van der Waals surface area contributed by atoms with E-state index >= 15 is 0 Å². The maximum absolute atomic E-state index is 12.1. The normalized spacial score (nSPS) is 15.1. The van der Waals surface area contributed by atoms with Crippen LogP contribution in [0, 0.1) is 0 Å². The van der Waals surface area contributed by atoms with Crippen molar-refractivity contribution in [3.63, 3.8) is 0 Å². The Morgan fingerprint density at radius 2 is 1.92 bits per heavy atom. The van der Waals surface area contributed by atoms with Crippen molar-refractivity contribution in [3.05, 3.63) is 35.4 Å². The molecule has 0 radical (unpaired) electrons. The second-order valence-corrected chi connectivity index (χ2v) is 5.95. The summed E-state index contributed by atoms with van der Waals surface area (Å²) in [6, 6.07) is 7.41. The third kappa shape index (κ3) is 4.81. The Balaban J connectivity index is 1.83. The Hall–Kier alpha value is -2.37. The van der Waals surface area contributed by atoms with Gasteiger partial charge in [-0.2, -0.15) is 0 Å². The van der Waals surface area contributed by atoms with E-state index in [1.807, 2.05) is 24.3 Å². The predicted molar refractivity (Wildman–Crippen MR) is 89.4 cm³/mol. The first-order chi connectivity index (χ1) is 11.5. The second-order valence-electron chi connectivity index (χ2n) is 5.95. The Bertz CT molecular complexity index is 598. The zero-order chi connectivity index (χ0) is 17.5. The van der Waals surface area contributed by atoms with Gasteiger partial charge in [-0.05, 0) is 30.9 Å². The van der Waals surface area contributed by atoms with E-state index in [4.69, 9.17) is 4.74 Å². The summed E-state index contributed by atoms with van der Waals surface area (Å²) >= 11 is 0. The minimum Gasteiger partial charge on any atom is -0.452 e. The molecule has 1 heterocycles. The quantitative estimate of drug-likeness (QED) is 0.776. The molecule has 1 atom stereocenters. The first-order valence-corrected chi connectivity index (χ1v) is 8.37. The Labute approximate surface area is 142 Å². The molecule has 1 aliphatic heterocycles. The minimum atomic E-state index is -0.967. The Morgan fingerprint density at radius 1 is 1.25 bits per heavy atom. The number of benzene rings is 1. The summed E-state index contributed by atoms with van der Waals surface area (Å²) in [5.41, 5.74) is 2.09. The van der Waals surface area contributed by atoms with Gasteiger partial charge in [-0.25, -0.2) is 4.79 Å². The van der Waals surface area contributed by atoms with Crippen molar-refractivity contribution in [2.45, 2.75) is 45.6 Å². The van der Waals surface area contributed by atoms with Crippen LogP contribution < -0.4 is 5.32 Å². The minimum absolute atomic E-state index is 0.109. The number of nitrogens with one attached hydrogen (secondary N) is 1. The van der Waals surface area contributed by atoms with E-state index in [2.05, 4.69) is 12.2 Å². The predicted octanol–water partition coefficient (Wildman–Crippen LogP) is 2.06. The summed E-state index contributed by atoms with van der Waals surface area (Å²) in [6.45, 7) is 4.37. The van der Waals surface area contributed by atoms with Crippen molar-refractivity contribution in [2.24, 2.45) is 0 Å². The molecule has 0 unspecified atom stereocenters. The van der Waals surface area contributed by atoms with E-state index in [-0.39, 0.29) is 6.42 Å². The highest BCUT2D eigenvalue weighted by atomic mass is 16.5. The number of hydrogen-bond donors (Lipinski definition) is 1. The molecular formula is C18H24N2O4. The van der Waals surface area contributed by atoms with Crippen LogP contribution in [0.15, 0.2) is 24.3 Å². The smallest absolute Gasteiger partial charge is 0.324 e. The van der Waals surface area contributed by atoms with Crippen molar-refractivity contribution in [3.8, 4) is 0 Å². The summed E-state index contributed by atoms with van der Waals surface area (Å²) < 4.78 is 5.16. The molecule has 0 bridgehead atoms. The van der Waals surface area contributed by atoms with Crippen LogP contribution in [0.1, 0.15) is 37.8 Å². The van der Waals surface area contributed by atoms with Gasteiger partial charge >= 0.3 is 12.0 Å². The summed E-state index contributed by atoms with van der Waals surface area (Å²) in [4.78, 5) is 36.6. The molecule has 130 valence electrons. The zero-order valence-electron chi connectivity index (χ0n) is 14.2. The second kappa shape index (κ2) is 8.47. The van der Waals surface area contributed by atoms with Gasteiger partial charge in [0.25, 0.3) is 5.91 Å². The molecule has 1 N–H and O–H groups in total. The summed E-state index contributed by atoms with van der Waals surface area (Å²) in [7, 11) is 0. The molecule has 1 saturated heterocycles. The lowest BCUT2D eigenvalue weighted by Crippen LogP contribution is -2.42. The van der Waals surface area contributed by atoms with Gasteiger partial charge in [0.15, 0.2) is 6.10 Å². The Kier molecular flexibility index (Phi) is 6.35. The number of ether oxygens (including phenoxy) is 1. The molecule has 1 aromatic rings. The zero-order valence-corrected chi connectivity index (χ0v) is 14.2. The largest absolute Gasteiger partial charge is 0.452 e. The van der Waals surface area contributed by atoms with E-state index in [0.717, 1.165) is 29.7 Å². The molecule has 6 heteroatoms. The Morgan fingerprint density at radius 3 is 2.50 bits per heavy atom. The highest BCUT2D eigenvalue weighted by Gasteiger charge is 2.31. The average Bonchev–Trinajstić information content (AvgIpc) is 2.99. The molecule has 0 aromatic heterocycles. The number of aryl methyl sites for hydroxylation is 1. The van der Waals surface area contributed by atoms with Crippen molar-refractivity contribution < 1.29 is 19.1 Å². The number of amides is 3. The highest BCUT2D eigenvalue weighted by molar-refractivity contribution is 5.98. The average molecular weight is 332 g/mol. The molecule has 2 rings (SSSR count). The molecule has 0 saturated carbocycles. The SMILES string of the molecule is CCCCc1ccc(CC(=O)O[C@H](C)C(=O)N2CCNC2=O)cc1. The number of unbranched alkanes of at least 4 members (excludes halogenated alkanes) is 1. The molecule has 1 aliphatic rings. The monoisotopic (exact) mass is 332 g/mol. The van der Waals surface area contributed by atoms with Crippen LogP contribution in [0.3, 0.4) is 0 Å². The van der Waals surface area contributed by atoms with Crippen LogP contribution in [0.4, 0.5) is 4.79 Å². The van der Waals surface area contributed by atoms with Crippen molar-refractivity contribution >= 4 is 17.9 Å². The lowest BCUT2D eigenvalue weighted by molar-refractivity contribution is -0.156. The van der Waals surface area contributed by atoms with E-state index in [1.54, 1.807) is 0 Å². The molecule has 0 spiro atoms. The van der Waals surface area contributed by atoms with Crippen LogP contribution in [-0.2, 0) is 27.2 Å². The third-order valence-corrected chi connectivity index (χ3v) is 3.97. The molecule has 3 amide bonds. The lowest BCUT2D eigenvalue weighted by Gasteiger charge is -2.18. The highest BCUT2D eigenvalue weighted by Crippen LogP contribution is 2.10. The van der Waals surface area contributed by atoms with Gasteiger partial charge in [0.2, 0.25) is 0 Å². The molecule has 6 nitrogen and oxygen atoms in total. The maximum atomic E-state index is 12.1. The van der Waals surface area contributed by atoms with Gasteiger partial charge in [-0.1, -0.05) is 37.6 Å². The molecule has 0 aliphatic carbocycles. The van der Waals surface area contributed by atoms with Gasteiger partial charge in [-0.3, -0.25) is 14.5 Å². The topological polar surface area (TPSA) is 75.7 Å². The van der Waals surface area contributed by atoms with Gasteiger partial charge < -0.3 is 10.1 Å². The van der Waals surface area contributed by atoms with E-state index in [0.29, 0.717) is 13.1 Å². The molecule has 1 aromatic carbocycles. The first kappa shape index (κ1) is 18.0. The first-order valence-electron chi connectivity index (χ1n) is 8.37. The van der Waals surface area contributed by atoms with Crippen LogP contribution in [0.2, 0.25) is 0 Å². The van der Waals surface area contributed by atoms with E-state index in [1.165, 1.54) is 12.5 Å². The van der Waals surface area contributed by atoms with Crippen molar-refractivity contribution in [1.82, 2.24) is 10.2 Å². The van der Waals surface area contributed by atoms with E-state index < -0.39 is 24.0 Å². The number of carbonyl (C=O) groups is 3. The number of imide groups is 1. The fourth-order valence-corrected chi connectivity index (χ4v) is 2.56. The third-order valence-electron chi connectivity index (χ3n) is 3.97. The number of nitrogens with zero attached hydrogens (tertiary/aromatic N) is 1.